The molecule has 7 nitrogen and oxygen atoms in total. The number of carbonyl (C=O) groups excluding carboxylic acids is 1. The van der Waals surface area contributed by atoms with Gasteiger partial charge in [0.05, 0.1) is 29.4 Å². The fourth-order valence-corrected chi connectivity index (χ4v) is 3.47. The monoisotopic (exact) mass is 397 g/mol. The summed E-state index contributed by atoms with van der Waals surface area (Å²) in [7, 11) is 0. The molecule has 0 fully saturated rings. The molecule has 0 radical (unpaired) electrons. The molecule has 146 valence electrons. The average molecular weight is 397 g/mol. The van der Waals surface area contributed by atoms with Gasteiger partial charge in [-0.15, -0.1) is 0 Å². The van der Waals surface area contributed by atoms with Gasteiger partial charge >= 0.3 is 5.97 Å². The van der Waals surface area contributed by atoms with Gasteiger partial charge in [-0.25, -0.2) is 4.79 Å². The van der Waals surface area contributed by atoms with Crippen LogP contribution in [0.15, 0.2) is 88.4 Å². The summed E-state index contributed by atoms with van der Waals surface area (Å²) in [5.41, 5.74) is 3.78. The summed E-state index contributed by atoms with van der Waals surface area (Å²) in [5, 5.41) is 16.0. The Hall–Kier alpha value is -4.39. The van der Waals surface area contributed by atoms with Crippen LogP contribution in [-0.2, 0) is 4.79 Å². The molecule has 0 unspecified atom stereocenters. The summed E-state index contributed by atoms with van der Waals surface area (Å²) < 4.78 is 5.19. The zero-order chi connectivity index (χ0) is 20.7. The largest absolute Gasteiger partial charge is 0.478 e. The number of hydrazone groups is 1. The number of carbonyl (C=O) groups is 2. The van der Waals surface area contributed by atoms with Crippen LogP contribution >= 0.6 is 0 Å². The van der Waals surface area contributed by atoms with E-state index in [-0.39, 0.29) is 11.5 Å². The van der Waals surface area contributed by atoms with Crippen LogP contribution in [0.1, 0.15) is 21.5 Å². The molecule has 0 saturated carbocycles. The molecule has 1 aliphatic heterocycles. The van der Waals surface area contributed by atoms with Crippen molar-refractivity contribution in [2.45, 2.75) is 0 Å². The van der Waals surface area contributed by atoms with Crippen molar-refractivity contribution in [3.63, 3.8) is 0 Å². The highest BCUT2D eigenvalue weighted by atomic mass is 16.4. The fraction of sp³-hybridized carbons (Fsp3) is 0. The number of amides is 1. The number of benzene rings is 2. The molecule has 5 rings (SSSR count). The van der Waals surface area contributed by atoms with Crippen molar-refractivity contribution in [1.82, 2.24) is 4.98 Å². The third-order valence-corrected chi connectivity index (χ3v) is 4.93. The molecule has 1 amide bonds. The summed E-state index contributed by atoms with van der Waals surface area (Å²) in [4.78, 5) is 27.8. The molecule has 0 spiro atoms. The number of para-hydroxylation sites is 1. The molecule has 3 heterocycles. The standard InChI is InChI=1S/C23H15N3O4/c27-22-19(11-16-12-24-20-7-2-1-6-18(16)20)21(15-8-9-30-13-15)25-26(22)17-5-3-4-14(10-17)23(28)29/h1-13,24H,(H,28,29). The van der Waals surface area contributed by atoms with Gasteiger partial charge in [-0.3, -0.25) is 4.79 Å². The van der Waals surface area contributed by atoms with Gasteiger partial charge in [-0.1, -0.05) is 24.3 Å². The SMILES string of the molecule is O=C(O)c1cccc(N2N=C(c3ccoc3)C(=Cc3c[nH]c4ccccc34)C2=O)c1. The van der Waals surface area contributed by atoms with E-state index in [2.05, 4.69) is 10.1 Å². The molecule has 0 aliphatic carbocycles. The van der Waals surface area contributed by atoms with E-state index in [4.69, 9.17) is 4.42 Å². The Morgan fingerprint density at radius 1 is 1.13 bits per heavy atom. The summed E-state index contributed by atoms with van der Waals surface area (Å²) in [6, 6.07) is 15.7. The van der Waals surface area contributed by atoms with Crippen LogP contribution in [0, 0.1) is 0 Å². The van der Waals surface area contributed by atoms with Crippen molar-refractivity contribution < 1.29 is 19.1 Å². The molecule has 0 atom stereocenters. The number of aromatic carboxylic acids is 1. The Kier molecular flexibility index (Phi) is 4.07. The van der Waals surface area contributed by atoms with E-state index in [0.29, 0.717) is 22.5 Å². The highest BCUT2D eigenvalue weighted by Gasteiger charge is 2.33. The number of nitrogens with one attached hydrogen (secondary N) is 1. The van der Waals surface area contributed by atoms with Gasteiger partial charge in [0.15, 0.2) is 0 Å². The van der Waals surface area contributed by atoms with Crippen LogP contribution < -0.4 is 5.01 Å². The minimum absolute atomic E-state index is 0.0782. The first-order chi connectivity index (χ1) is 14.6. The Morgan fingerprint density at radius 2 is 2.00 bits per heavy atom. The van der Waals surface area contributed by atoms with Crippen molar-refractivity contribution >= 4 is 40.3 Å². The van der Waals surface area contributed by atoms with E-state index in [1.165, 1.54) is 29.7 Å². The number of anilines is 1. The van der Waals surface area contributed by atoms with Gasteiger partial charge in [-0.05, 0) is 36.4 Å². The van der Waals surface area contributed by atoms with E-state index in [0.717, 1.165) is 16.5 Å². The molecule has 2 aromatic carbocycles. The fourth-order valence-electron chi connectivity index (χ4n) is 3.47. The maximum atomic E-state index is 13.3. The number of carboxylic acid groups (broad SMARTS) is 1. The zero-order valence-electron chi connectivity index (χ0n) is 15.6. The Morgan fingerprint density at radius 3 is 2.80 bits per heavy atom. The van der Waals surface area contributed by atoms with Crippen molar-refractivity contribution in [2.24, 2.45) is 5.10 Å². The van der Waals surface area contributed by atoms with Crippen LogP contribution in [0.4, 0.5) is 5.69 Å². The minimum atomic E-state index is -1.07. The van der Waals surface area contributed by atoms with Gasteiger partial charge < -0.3 is 14.5 Å². The minimum Gasteiger partial charge on any atom is -0.478 e. The Balaban J connectivity index is 1.64. The van der Waals surface area contributed by atoms with E-state index in [9.17, 15) is 14.7 Å². The number of aromatic nitrogens is 1. The van der Waals surface area contributed by atoms with Crippen molar-refractivity contribution in [2.75, 3.05) is 5.01 Å². The van der Waals surface area contributed by atoms with Crippen LogP contribution in [-0.4, -0.2) is 27.7 Å². The summed E-state index contributed by atoms with van der Waals surface area (Å²) >= 11 is 0. The number of hydrogen-bond acceptors (Lipinski definition) is 4. The van der Waals surface area contributed by atoms with Crippen LogP contribution in [0.3, 0.4) is 0 Å². The predicted octanol–water partition coefficient (Wildman–Crippen LogP) is 4.29. The average Bonchev–Trinajstić information content (AvgIpc) is 3.49. The Labute approximate surface area is 170 Å². The third kappa shape index (κ3) is 2.89. The maximum Gasteiger partial charge on any atom is 0.335 e. The van der Waals surface area contributed by atoms with Gasteiger partial charge in [0.1, 0.15) is 5.71 Å². The smallest absolute Gasteiger partial charge is 0.335 e. The molecular weight excluding hydrogens is 382 g/mol. The molecule has 7 heteroatoms. The van der Waals surface area contributed by atoms with Crippen molar-refractivity contribution in [1.29, 1.82) is 0 Å². The molecule has 2 aromatic heterocycles. The number of fused-ring (bicyclic) bond motifs is 1. The molecule has 0 saturated heterocycles. The second kappa shape index (κ2) is 6.89. The van der Waals surface area contributed by atoms with E-state index >= 15 is 0 Å². The lowest BCUT2D eigenvalue weighted by Gasteiger charge is -2.12. The van der Waals surface area contributed by atoms with Gasteiger partial charge in [0.25, 0.3) is 5.91 Å². The first-order valence-electron chi connectivity index (χ1n) is 9.19. The molecular formula is C23H15N3O4. The lowest BCUT2D eigenvalue weighted by atomic mass is 10.0. The third-order valence-electron chi connectivity index (χ3n) is 4.93. The molecule has 2 N–H and O–H groups in total. The first-order valence-corrected chi connectivity index (χ1v) is 9.19. The second-order valence-corrected chi connectivity index (χ2v) is 6.78. The van der Waals surface area contributed by atoms with Crippen LogP contribution in [0.5, 0.6) is 0 Å². The number of rotatable bonds is 4. The quantitative estimate of drug-likeness (QED) is 0.502. The molecule has 1 aliphatic rings. The van der Waals surface area contributed by atoms with Crippen LogP contribution in [0.2, 0.25) is 0 Å². The number of furan rings is 1. The maximum absolute atomic E-state index is 13.3. The normalized spacial score (nSPS) is 15.2. The summed E-state index contributed by atoms with van der Waals surface area (Å²) in [6.45, 7) is 0. The van der Waals surface area contributed by atoms with E-state index in [1.807, 2.05) is 30.5 Å². The van der Waals surface area contributed by atoms with Crippen molar-refractivity contribution in [3.05, 3.63) is 95.6 Å². The second-order valence-electron chi connectivity index (χ2n) is 6.78. The number of nitrogens with zero attached hydrogens (tertiary/aromatic N) is 2. The highest BCUT2D eigenvalue weighted by molar-refractivity contribution is 6.37. The first kappa shape index (κ1) is 17.7. The molecule has 30 heavy (non-hydrogen) atoms. The van der Waals surface area contributed by atoms with Gasteiger partial charge in [0.2, 0.25) is 0 Å². The van der Waals surface area contributed by atoms with E-state index in [1.54, 1.807) is 24.3 Å². The number of H-pyrrole nitrogens is 1. The Bertz CT molecular complexity index is 1350. The number of aromatic amines is 1. The summed E-state index contributed by atoms with van der Waals surface area (Å²) in [5.74, 6) is -1.42. The highest BCUT2D eigenvalue weighted by Crippen LogP contribution is 2.30. The van der Waals surface area contributed by atoms with Gasteiger partial charge in [-0.2, -0.15) is 10.1 Å². The lowest BCUT2D eigenvalue weighted by Crippen LogP contribution is -2.21. The number of carboxylic acids is 1. The lowest BCUT2D eigenvalue weighted by molar-refractivity contribution is -0.114. The summed E-state index contributed by atoms with van der Waals surface area (Å²) in [6.07, 6.45) is 6.66. The number of hydrogen-bond donors (Lipinski definition) is 2. The van der Waals surface area contributed by atoms with Crippen LogP contribution in [0.25, 0.3) is 17.0 Å². The molecule has 0 bridgehead atoms. The van der Waals surface area contributed by atoms with E-state index < -0.39 is 5.97 Å². The predicted molar refractivity (Wildman–Crippen MR) is 112 cm³/mol. The van der Waals surface area contributed by atoms with Gasteiger partial charge in [0, 0.05) is 28.2 Å². The topological polar surface area (TPSA) is 98.9 Å². The zero-order valence-corrected chi connectivity index (χ0v) is 15.6. The van der Waals surface area contributed by atoms with Crippen molar-refractivity contribution in [3.8, 4) is 0 Å². The molecule has 4 aromatic rings.